The summed E-state index contributed by atoms with van der Waals surface area (Å²) in [6, 6.07) is 6.42. The Morgan fingerprint density at radius 1 is 1.14 bits per heavy atom. The number of carbonyl (C=O) groups is 3. The third-order valence-electron chi connectivity index (χ3n) is 4.15. The molecule has 1 aliphatic rings. The molecule has 1 saturated heterocycles. The molecule has 1 atom stereocenters. The van der Waals surface area contributed by atoms with Gasteiger partial charge in [0.2, 0.25) is 0 Å². The Morgan fingerprint density at radius 3 is 2.32 bits per heavy atom. The summed E-state index contributed by atoms with van der Waals surface area (Å²) in [6.45, 7) is 7.05. The topological polar surface area (TPSA) is 91.4 Å². The molecular weight excluding hydrogens is 366 g/mol. The van der Waals surface area contributed by atoms with Crippen molar-refractivity contribution in [1.29, 1.82) is 0 Å². The quantitative estimate of drug-likeness (QED) is 0.538. The lowest BCUT2D eigenvalue weighted by Crippen LogP contribution is -2.56. The summed E-state index contributed by atoms with van der Waals surface area (Å²) in [5.41, 5.74) is -1.83. The zero-order chi connectivity index (χ0) is 20.9. The van der Waals surface area contributed by atoms with E-state index in [2.05, 4.69) is 4.74 Å². The molecule has 2 rings (SSSR count). The molecule has 0 N–H and O–H groups in total. The number of esters is 3. The molecule has 1 aromatic rings. The van der Waals surface area contributed by atoms with E-state index < -0.39 is 29.2 Å². The molecular formula is C20H27NO7. The second-order valence-corrected chi connectivity index (χ2v) is 7.54. The summed E-state index contributed by atoms with van der Waals surface area (Å²) < 4.78 is 21.4. The number of carbonyl (C=O) groups excluding carboxylic acids is 3. The minimum atomic E-state index is -1.51. The van der Waals surface area contributed by atoms with Crippen molar-refractivity contribution in [2.45, 2.75) is 51.9 Å². The maximum atomic E-state index is 12.8. The van der Waals surface area contributed by atoms with Gasteiger partial charge in [0, 0.05) is 19.9 Å². The SMILES string of the molecule is COC(=O)c1ccc(OCN2CCCC2(OC(C)=O)C(=O)OC(C)(C)C)cc1. The molecule has 1 fully saturated rings. The van der Waals surface area contributed by atoms with Crippen molar-refractivity contribution in [3.8, 4) is 5.75 Å². The summed E-state index contributed by atoms with van der Waals surface area (Å²) in [4.78, 5) is 37.7. The molecule has 0 saturated carbocycles. The number of rotatable bonds is 6. The number of benzene rings is 1. The number of likely N-dealkylation sites (tertiary alicyclic amines) is 1. The first-order chi connectivity index (χ1) is 13.1. The molecule has 0 aromatic heterocycles. The molecule has 1 aromatic carbocycles. The molecule has 0 amide bonds. The molecule has 0 aliphatic carbocycles. The predicted molar refractivity (Wildman–Crippen MR) is 99.6 cm³/mol. The highest BCUT2D eigenvalue weighted by atomic mass is 16.6. The van der Waals surface area contributed by atoms with E-state index in [1.807, 2.05) is 0 Å². The van der Waals surface area contributed by atoms with Gasteiger partial charge in [-0.05, 0) is 51.5 Å². The van der Waals surface area contributed by atoms with Gasteiger partial charge in [-0.1, -0.05) is 0 Å². The van der Waals surface area contributed by atoms with Crippen LogP contribution in [0.3, 0.4) is 0 Å². The second kappa shape index (κ2) is 8.60. The van der Waals surface area contributed by atoms with E-state index >= 15 is 0 Å². The highest BCUT2D eigenvalue weighted by Gasteiger charge is 2.53. The van der Waals surface area contributed by atoms with Crippen LogP contribution in [0.25, 0.3) is 0 Å². The third-order valence-corrected chi connectivity index (χ3v) is 4.15. The lowest BCUT2D eigenvalue weighted by Gasteiger charge is -2.36. The van der Waals surface area contributed by atoms with E-state index in [4.69, 9.17) is 14.2 Å². The van der Waals surface area contributed by atoms with Crippen LogP contribution in [0.1, 0.15) is 50.9 Å². The van der Waals surface area contributed by atoms with E-state index in [1.54, 1.807) is 49.9 Å². The van der Waals surface area contributed by atoms with Gasteiger partial charge in [-0.15, -0.1) is 0 Å². The normalized spacial score (nSPS) is 19.8. The fourth-order valence-corrected chi connectivity index (χ4v) is 2.96. The van der Waals surface area contributed by atoms with Gasteiger partial charge in [-0.2, -0.15) is 0 Å². The molecule has 0 radical (unpaired) electrons. The molecule has 0 spiro atoms. The van der Waals surface area contributed by atoms with Crippen molar-refractivity contribution in [3.05, 3.63) is 29.8 Å². The van der Waals surface area contributed by atoms with E-state index in [1.165, 1.54) is 14.0 Å². The fourth-order valence-electron chi connectivity index (χ4n) is 2.96. The maximum Gasteiger partial charge on any atom is 0.367 e. The fraction of sp³-hybridized carbons (Fsp3) is 0.550. The van der Waals surface area contributed by atoms with Crippen LogP contribution >= 0.6 is 0 Å². The number of ether oxygens (including phenoxy) is 4. The lowest BCUT2D eigenvalue weighted by molar-refractivity contribution is -0.213. The largest absolute Gasteiger partial charge is 0.478 e. The molecule has 0 bridgehead atoms. The zero-order valence-corrected chi connectivity index (χ0v) is 16.9. The standard InChI is InChI=1S/C20H27NO7/c1-14(22)27-20(18(24)28-19(2,3)4)11-6-12-21(20)13-26-16-9-7-15(8-10-16)17(23)25-5/h7-10H,6,11-13H2,1-5H3. The average molecular weight is 393 g/mol. The van der Waals surface area contributed by atoms with Crippen molar-refractivity contribution in [2.75, 3.05) is 20.4 Å². The maximum absolute atomic E-state index is 12.8. The number of hydrogen-bond acceptors (Lipinski definition) is 8. The van der Waals surface area contributed by atoms with E-state index in [0.29, 0.717) is 30.7 Å². The van der Waals surface area contributed by atoms with Gasteiger partial charge < -0.3 is 18.9 Å². The van der Waals surface area contributed by atoms with Gasteiger partial charge in [-0.25, -0.2) is 14.5 Å². The van der Waals surface area contributed by atoms with Crippen LogP contribution in [0.4, 0.5) is 0 Å². The van der Waals surface area contributed by atoms with Gasteiger partial charge in [0.1, 0.15) is 18.1 Å². The van der Waals surface area contributed by atoms with Crippen LogP contribution in [0.15, 0.2) is 24.3 Å². The van der Waals surface area contributed by atoms with Gasteiger partial charge >= 0.3 is 17.9 Å². The van der Waals surface area contributed by atoms with Crippen molar-refractivity contribution in [1.82, 2.24) is 4.90 Å². The highest BCUT2D eigenvalue weighted by molar-refractivity contribution is 5.89. The minimum absolute atomic E-state index is 0.0180. The lowest BCUT2D eigenvalue weighted by atomic mass is 10.1. The molecule has 1 heterocycles. The monoisotopic (exact) mass is 393 g/mol. The number of nitrogens with zero attached hydrogens (tertiary/aromatic N) is 1. The molecule has 1 aliphatic heterocycles. The number of methoxy groups -OCH3 is 1. The predicted octanol–water partition coefficient (Wildman–Crippen LogP) is 2.51. The van der Waals surface area contributed by atoms with Crippen LogP contribution in [0, 0.1) is 0 Å². The first-order valence-electron chi connectivity index (χ1n) is 9.07. The molecule has 154 valence electrons. The van der Waals surface area contributed by atoms with Crippen LogP contribution < -0.4 is 4.74 Å². The smallest absolute Gasteiger partial charge is 0.367 e. The summed E-state index contributed by atoms with van der Waals surface area (Å²) >= 11 is 0. The Kier molecular flexibility index (Phi) is 6.66. The summed E-state index contributed by atoms with van der Waals surface area (Å²) in [7, 11) is 1.31. The Hall–Kier alpha value is -2.61. The van der Waals surface area contributed by atoms with Crippen LogP contribution in [0.5, 0.6) is 5.75 Å². The van der Waals surface area contributed by atoms with Crippen molar-refractivity contribution in [2.24, 2.45) is 0 Å². The Labute approximate surface area is 164 Å². The van der Waals surface area contributed by atoms with Gasteiger partial charge in [0.15, 0.2) is 0 Å². The molecule has 1 unspecified atom stereocenters. The average Bonchev–Trinajstić information content (AvgIpc) is 3.01. The van der Waals surface area contributed by atoms with Crippen molar-refractivity contribution in [3.63, 3.8) is 0 Å². The Morgan fingerprint density at radius 2 is 1.79 bits per heavy atom. The highest BCUT2D eigenvalue weighted by Crippen LogP contribution is 2.33. The molecule has 28 heavy (non-hydrogen) atoms. The summed E-state index contributed by atoms with van der Waals surface area (Å²) in [5, 5.41) is 0. The zero-order valence-electron chi connectivity index (χ0n) is 16.9. The third kappa shape index (κ3) is 5.22. The molecule has 8 nitrogen and oxygen atoms in total. The summed E-state index contributed by atoms with van der Waals surface area (Å²) in [5.74, 6) is -1.12. The van der Waals surface area contributed by atoms with Gasteiger partial charge in [-0.3, -0.25) is 4.79 Å². The molecule has 8 heteroatoms. The Balaban J connectivity index is 2.14. The van der Waals surface area contributed by atoms with Crippen LogP contribution in [-0.4, -0.2) is 54.5 Å². The minimum Gasteiger partial charge on any atom is -0.478 e. The van der Waals surface area contributed by atoms with Crippen molar-refractivity contribution >= 4 is 17.9 Å². The number of hydrogen-bond donors (Lipinski definition) is 0. The van der Waals surface area contributed by atoms with Crippen LogP contribution in [0.2, 0.25) is 0 Å². The first-order valence-corrected chi connectivity index (χ1v) is 9.07. The van der Waals surface area contributed by atoms with Gasteiger partial charge in [0.25, 0.3) is 5.72 Å². The van der Waals surface area contributed by atoms with E-state index in [-0.39, 0.29) is 6.73 Å². The first kappa shape index (κ1) is 21.7. The van der Waals surface area contributed by atoms with Crippen molar-refractivity contribution < 1.29 is 33.3 Å². The second-order valence-electron chi connectivity index (χ2n) is 7.54. The summed E-state index contributed by atoms with van der Waals surface area (Å²) in [6.07, 6.45) is 0.975. The van der Waals surface area contributed by atoms with E-state index in [0.717, 1.165) is 0 Å². The van der Waals surface area contributed by atoms with Gasteiger partial charge in [0.05, 0.1) is 12.7 Å². The Bertz CT molecular complexity index is 723. The van der Waals surface area contributed by atoms with E-state index in [9.17, 15) is 14.4 Å². The van der Waals surface area contributed by atoms with Crippen LogP contribution in [-0.2, 0) is 23.8 Å².